The average molecular weight is 246 g/mol. The van der Waals surface area contributed by atoms with E-state index in [-0.39, 0.29) is 12.0 Å². The monoisotopic (exact) mass is 246 g/mol. The number of carboxylic acids is 1. The van der Waals surface area contributed by atoms with Crippen LogP contribution in [0.4, 0.5) is 5.95 Å². The summed E-state index contributed by atoms with van der Waals surface area (Å²) in [6.45, 7) is 1.79. The zero-order chi connectivity index (χ0) is 13.1. The molecule has 1 fully saturated rings. The molecule has 2 N–H and O–H groups in total. The molecule has 94 valence electrons. The molecule has 1 aromatic rings. The Labute approximate surface area is 105 Å². The van der Waals surface area contributed by atoms with Crippen LogP contribution in [0.1, 0.15) is 30.7 Å². The Bertz CT molecular complexity index is 509. The smallest absolute Gasteiger partial charge is 0.306 e. The molecule has 1 heterocycles. The van der Waals surface area contributed by atoms with E-state index >= 15 is 0 Å². The average Bonchev–Trinajstić information content (AvgIpc) is 2.76. The van der Waals surface area contributed by atoms with Crippen LogP contribution in [0.5, 0.6) is 0 Å². The summed E-state index contributed by atoms with van der Waals surface area (Å²) >= 11 is 0. The molecule has 1 aromatic heterocycles. The molecular weight excluding hydrogens is 232 g/mol. The van der Waals surface area contributed by atoms with Crippen LogP contribution in [0, 0.1) is 24.2 Å². The molecule has 2 rings (SSSR count). The number of rotatable bonds is 3. The first-order valence-corrected chi connectivity index (χ1v) is 5.83. The molecule has 0 spiro atoms. The van der Waals surface area contributed by atoms with Gasteiger partial charge < -0.3 is 10.4 Å². The number of aryl methyl sites for hydroxylation is 1. The quantitative estimate of drug-likeness (QED) is 0.834. The van der Waals surface area contributed by atoms with E-state index in [0.29, 0.717) is 24.5 Å². The summed E-state index contributed by atoms with van der Waals surface area (Å²) in [5.74, 6) is -0.632. The van der Waals surface area contributed by atoms with Crippen LogP contribution in [-0.4, -0.2) is 27.1 Å². The van der Waals surface area contributed by atoms with Crippen molar-refractivity contribution in [3.05, 3.63) is 17.5 Å². The van der Waals surface area contributed by atoms with Crippen molar-refractivity contribution >= 4 is 11.9 Å². The maximum Gasteiger partial charge on any atom is 0.306 e. The number of nitrogens with one attached hydrogen (secondary N) is 1. The number of nitrogens with zero attached hydrogens (tertiary/aromatic N) is 3. The summed E-state index contributed by atoms with van der Waals surface area (Å²) in [6, 6.07) is 3.65. The first kappa shape index (κ1) is 12.3. The van der Waals surface area contributed by atoms with Crippen molar-refractivity contribution in [2.75, 3.05) is 5.32 Å². The minimum absolute atomic E-state index is 0.0689. The van der Waals surface area contributed by atoms with Crippen molar-refractivity contribution < 1.29 is 9.90 Å². The molecular formula is C12H14N4O2. The Kier molecular flexibility index (Phi) is 3.42. The van der Waals surface area contributed by atoms with Gasteiger partial charge in [0, 0.05) is 11.7 Å². The number of carboxylic acid groups (broad SMARTS) is 1. The van der Waals surface area contributed by atoms with Crippen LogP contribution in [0.15, 0.2) is 6.07 Å². The van der Waals surface area contributed by atoms with Crippen molar-refractivity contribution in [2.45, 2.75) is 32.2 Å². The molecule has 2 atom stereocenters. The van der Waals surface area contributed by atoms with Crippen molar-refractivity contribution in [1.82, 2.24) is 9.97 Å². The van der Waals surface area contributed by atoms with Crippen LogP contribution >= 0.6 is 0 Å². The van der Waals surface area contributed by atoms with Crippen molar-refractivity contribution in [3.8, 4) is 6.07 Å². The topological polar surface area (TPSA) is 98.9 Å². The highest BCUT2D eigenvalue weighted by Gasteiger charge is 2.30. The Morgan fingerprint density at radius 1 is 1.56 bits per heavy atom. The van der Waals surface area contributed by atoms with Gasteiger partial charge in [-0.05, 0) is 32.3 Å². The largest absolute Gasteiger partial charge is 0.481 e. The van der Waals surface area contributed by atoms with Gasteiger partial charge in [-0.1, -0.05) is 0 Å². The molecule has 18 heavy (non-hydrogen) atoms. The van der Waals surface area contributed by atoms with E-state index in [1.807, 2.05) is 6.07 Å². The van der Waals surface area contributed by atoms with Gasteiger partial charge in [-0.3, -0.25) is 4.79 Å². The highest BCUT2D eigenvalue weighted by Crippen LogP contribution is 2.27. The van der Waals surface area contributed by atoms with Gasteiger partial charge in [0.25, 0.3) is 0 Å². The zero-order valence-corrected chi connectivity index (χ0v) is 10.1. The van der Waals surface area contributed by atoms with Gasteiger partial charge in [0.15, 0.2) is 0 Å². The number of hydrogen-bond donors (Lipinski definition) is 2. The van der Waals surface area contributed by atoms with E-state index in [0.717, 1.165) is 12.1 Å². The van der Waals surface area contributed by atoms with Gasteiger partial charge in [-0.2, -0.15) is 5.26 Å². The summed E-state index contributed by atoms with van der Waals surface area (Å²) in [4.78, 5) is 19.1. The van der Waals surface area contributed by atoms with Crippen LogP contribution in [-0.2, 0) is 4.79 Å². The lowest BCUT2D eigenvalue weighted by Crippen LogP contribution is -2.19. The third-order valence-electron chi connectivity index (χ3n) is 3.08. The Morgan fingerprint density at radius 2 is 2.33 bits per heavy atom. The normalized spacial score (nSPS) is 22.4. The molecule has 0 aromatic carbocycles. The lowest BCUT2D eigenvalue weighted by molar-refractivity contribution is -0.141. The molecule has 6 nitrogen and oxygen atoms in total. The third kappa shape index (κ3) is 2.74. The van der Waals surface area contributed by atoms with Crippen LogP contribution < -0.4 is 5.32 Å². The molecule has 2 unspecified atom stereocenters. The molecule has 1 aliphatic rings. The van der Waals surface area contributed by atoms with Gasteiger partial charge >= 0.3 is 5.97 Å². The van der Waals surface area contributed by atoms with Gasteiger partial charge in [-0.25, -0.2) is 9.97 Å². The van der Waals surface area contributed by atoms with E-state index in [1.165, 1.54) is 0 Å². The minimum Gasteiger partial charge on any atom is -0.481 e. The number of aliphatic carboxylic acids is 1. The number of nitriles is 1. The second kappa shape index (κ2) is 5.00. The maximum atomic E-state index is 10.9. The van der Waals surface area contributed by atoms with E-state index in [1.54, 1.807) is 13.0 Å². The van der Waals surface area contributed by atoms with Gasteiger partial charge in [-0.15, -0.1) is 0 Å². The standard InChI is InChI=1S/C12H14N4O2/c1-7-4-10(6-13)16-12(14-7)15-9-3-2-8(5-9)11(17)18/h4,8-9H,2-3,5H2,1H3,(H,17,18)(H,14,15,16). The fourth-order valence-corrected chi connectivity index (χ4v) is 2.21. The Hall–Kier alpha value is -2.16. The van der Waals surface area contributed by atoms with Crippen LogP contribution in [0.25, 0.3) is 0 Å². The predicted octanol–water partition coefficient (Wildman–Crippen LogP) is 1.32. The lowest BCUT2D eigenvalue weighted by Gasteiger charge is -2.12. The SMILES string of the molecule is Cc1cc(C#N)nc(NC2CCC(C(=O)O)C2)n1. The zero-order valence-electron chi connectivity index (χ0n) is 10.1. The van der Waals surface area contributed by atoms with E-state index in [4.69, 9.17) is 10.4 Å². The number of anilines is 1. The van der Waals surface area contributed by atoms with E-state index in [2.05, 4.69) is 15.3 Å². The highest BCUT2D eigenvalue weighted by molar-refractivity contribution is 5.70. The molecule has 0 aliphatic heterocycles. The van der Waals surface area contributed by atoms with E-state index in [9.17, 15) is 4.79 Å². The van der Waals surface area contributed by atoms with Crippen molar-refractivity contribution in [3.63, 3.8) is 0 Å². The second-order valence-electron chi connectivity index (χ2n) is 4.52. The number of carbonyl (C=O) groups is 1. The Balaban J connectivity index is 2.05. The first-order chi connectivity index (χ1) is 8.58. The fraction of sp³-hybridized carbons (Fsp3) is 0.500. The third-order valence-corrected chi connectivity index (χ3v) is 3.08. The number of aromatic nitrogens is 2. The van der Waals surface area contributed by atoms with Crippen LogP contribution in [0.3, 0.4) is 0 Å². The molecule has 6 heteroatoms. The van der Waals surface area contributed by atoms with Crippen molar-refractivity contribution in [1.29, 1.82) is 5.26 Å². The van der Waals surface area contributed by atoms with Crippen molar-refractivity contribution in [2.24, 2.45) is 5.92 Å². The summed E-state index contributed by atoms with van der Waals surface area (Å²) < 4.78 is 0. The predicted molar refractivity (Wildman–Crippen MR) is 63.9 cm³/mol. The number of hydrogen-bond acceptors (Lipinski definition) is 5. The Morgan fingerprint density at radius 3 is 2.94 bits per heavy atom. The molecule has 0 amide bonds. The minimum atomic E-state index is -0.748. The van der Waals surface area contributed by atoms with Crippen LogP contribution in [0.2, 0.25) is 0 Å². The van der Waals surface area contributed by atoms with Gasteiger partial charge in [0.1, 0.15) is 11.8 Å². The summed E-state index contributed by atoms with van der Waals surface area (Å²) in [5.41, 5.74) is 1.04. The molecule has 0 bridgehead atoms. The van der Waals surface area contributed by atoms with Gasteiger partial charge in [0.05, 0.1) is 5.92 Å². The molecule has 0 radical (unpaired) electrons. The summed E-state index contributed by atoms with van der Waals surface area (Å²) in [7, 11) is 0. The first-order valence-electron chi connectivity index (χ1n) is 5.83. The maximum absolute atomic E-state index is 10.9. The highest BCUT2D eigenvalue weighted by atomic mass is 16.4. The van der Waals surface area contributed by atoms with E-state index < -0.39 is 5.97 Å². The summed E-state index contributed by atoms with van der Waals surface area (Å²) in [5, 5.41) is 20.8. The summed E-state index contributed by atoms with van der Waals surface area (Å²) in [6.07, 6.45) is 2.04. The second-order valence-corrected chi connectivity index (χ2v) is 4.52. The molecule has 1 saturated carbocycles. The fourth-order valence-electron chi connectivity index (χ4n) is 2.21. The lowest BCUT2D eigenvalue weighted by atomic mass is 10.1. The van der Waals surface area contributed by atoms with Gasteiger partial charge in [0.2, 0.25) is 5.95 Å². The molecule has 1 aliphatic carbocycles. The molecule has 0 saturated heterocycles.